The van der Waals surface area contributed by atoms with E-state index in [0.717, 1.165) is 15.6 Å². The number of hydrogen-bond donors (Lipinski definition) is 0. The molecule has 0 radical (unpaired) electrons. The average molecular weight is 421 g/mol. The van der Waals surface area contributed by atoms with Gasteiger partial charge >= 0.3 is 12.1 Å². The van der Waals surface area contributed by atoms with E-state index in [1.807, 2.05) is 0 Å². The summed E-state index contributed by atoms with van der Waals surface area (Å²) < 4.78 is 43.9. The molecule has 0 aliphatic rings. The normalized spacial score (nSPS) is 11.7. The standard InChI is InChI=1S/C20H18F3N3O4/c1-9-6-7-13(15-11(3)10(2)12(4)26(29)16(9)15)17(27)14-8-24-25(5)18(14)30-19(28)20(21,22)23/h6-8H,1-5H3. The van der Waals surface area contributed by atoms with E-state index >= 15 is 0 Å². The Bertz CT molecular complexity index is 1210. The molecule has 2 aromatic heterocycles. The lowest BCUT2D eigenvalue weighted by atomic mass is 9.93. The first-order valence-corrected chi connectivity index (χ1v) is 8.84. The Morgan fingerprint density at radius 1 is 1.10 bits per heavy atom. The molecule has 0 unspecified atom stereocenters. The van der Waals surface area contributed by atoms with E-state index in [1.165, 1.54) is 13.1 Å². The van der Waals surface area contributed by atoms with Crippen LogP contribution in [0.5, 0.6) is 5.88 Å². The first kappa shape index (κ1) is 21.3. The molecule has 0 atom stereocenters. The summed E-state index contributed by atoms with van der Waals surface area (Å²) in [7, 11) is 1.24. The van der Waals surface area contributed by atoms with Crippen LogP contribution in [0, 0.1) is 32.9 Å². The highest BCUT2D eigenvalue weighted by atomic mass is 19.4. The lowest BCUT2D eigenvalue weighted by Gasteiger charge is -2.15. The number of esters is 1. The van der Waals surface area contributed by atoms with Gasteiger partial charge in [-0.05, 0) is 32.4 Å². The molecule has 1 aromatic carbocycles. The molecule has 3 aromatic rings. The summed E-state index contributed by atoms with van der Waals surface area (Å²) in [5, 5.41) is 16.9. The molecular formula is C20H18F3N3O4. The van der Waals surface area contributed by atoms with Crippen molar-refractivity contribution in [3.05, 3.63) is 57.0 Å². The molecule has 10 heteroatoms. The van der Waals surface area contributed by atoms with E-state index in [-0.39, 0.29) is 11.1 Å². The van der Waals surface area contributed by atoms with Crippen molar-refractivity contribution in [3.63, 3.8) is 0 Å². The van der Waals surface area contributed by atoms with Crippen LogP contribution in [0.2, 0.25) is 0 Å². The lowest BCUT2D eigenvalue weighted by molar-refractivity contribution is -0.584. The highest BCUT2D eigenvalue weighted by molar-refractivity contribution is 6.17. The number of carbonyl (C=O) groups is 2. The van der Waals surface area contributed by atoms with Gasteiger partial charge in [0.15, 0.2) is 5.69 Å². The molecule has 158 valence electrons. The highest BCUT2D eigenvalue weighted by Gasteiger charge is 2.42. The zero-order valence-corrected chi connectivity index (χ0v) is 16.8. The number of hydrogen-bond acceptors (Lipinski definition) is 5. The summed E-state index contributed by atoms with van der Waals surface area (Å²) in [6.07, 6.45) is -4.21. The predicted octanol–water partition coefficient (Wildman–Crippen LogP) is 3.14. The van der Waals surface area contributed by atoms with Crippen molar-refractivity contribution in [1.29, 1.82) is 0 Å². The number of rotatable bonds is 3. The Morgan fingerprint density at radius 2 is 1.73 bits per heavy atom. The van der Waals surface area contributed by atoms with Crippen LogP contribution in [0.1, 0.15) is 38.3 Å². The second-order valence-electron chi connectivity index (χ2n) is 6.99. The van der Waals surface area contributed by atoms with Crippen molar-refractivity contribution in [3.8, 4) is 5.88 Å². The number of nitrogens with zero attached hydrogens (tertiary/aromatic N) is 3. The van der Waals surface area contributed by atoms with Crippen LogP contribution in [0.25, 0.3) is 10.9 Å². The number of benzene rings is 1. The molecular weight excluding hydrogens is 403 g/mol. The third-order valence-corrected chi connectivity index (χ3v) is 5.16. The number of aryl methyl sites for hydroxylation is 3. The summed E-state index contributed by atoms with van der Waals surface area (Å²) in [4.78, 5) is 24.5. The van der Waals surface area contributed by atoms with Gasteiger partial charge in [-0.25, -0.2) is 9.48 Å². The second kappa shape index (κ2) is 7.12. The zero-order chi connectivity index (χ0) is 22.5. The molecule has 7 nitrogen and oxygen atoms in total. The zero-order valence-electron chi connectivity index (χ0n) is 16.8. The predicted molar refractivity (Wildman–Crippen MR) is 100 cm³/mol. The number of aromatic nitrogens is 3. The Hall–Kier alpha value is -3.43. The van der Waals surface area contributed by atoms with Crippen LogP contribution in [0.15, 0.2) is 18.3 Å². The fourth-order valence-electron chi connectivity index (χ4n) is 3.30. The smallest absolute Gasteiger partial charge is 0.491 e. The number of carbonyl (C=O) groups excluding carboxylic acids is 2. The van der Waals surface area contributed by atoms with Crippen molar-refractivity contribution in [2.75, 3.05) is 0 Å². The van der Waals surface area contributed by atoms with Crippen LogP contribution < -0.4 is 9.47 Å². The van der Waals surface area contributed by atoms with Crippen molar-refractivity contribution in [2.24, 2.45) is 7.05 Å². The molecule has 3 rings (SSSR count). The minimum Gasteiger partial charge on any atom is -0.618 e. The molecule has 0 amide bonds. The van der Waals surface area contributed by atoms with Crippen LogP contribution in [-0.4, -0.2) is 27.7 Å². The number of halogens is 3. The van der Waals surface area contributed by atoms with E-state index in [4.69, 9.17) is 0 Å². The summed E-state index contributed by atoms with van der Waals surface area (Å²) in [6, 6.07) is 3.07. The van der Waals surface area contributed by atoms with Crippen molar-refractivity contribution in [2.45, 2.75) is 33.9 Å². The topological polar surface area (TPSA) is 88.1 Å². The molecule has 0 fully saturated rings. The van der Waals surface area contributed by atoms with Crippen LogP contribution >= 0.6 is 0 Å². The first-order chi connectivity index (χ1) is 13.9. The highest BCUT2D eigenvalue weighted by Crippen LogP contribution is 2.31. The summed E-state index contributed by atoms with van der Waals surface area (Å²) in [5.74, 6) is -3.81. The van der Waals surface area contributed by atoms with Crippen molar-refractivity contribution < 1.29 is 32.2 Å². The van der Waals surface area contributed by atoms with Gasteiger partial charge in [-0.3, -0.25) is 4.79 Å². The molecule has 30 heavy (non-hydrogen) atoms. The van der Waals surface area contributed by atoms with Gasteiger partial charge in [0.05, 0.1) is 11.6 Å². The molecule has 0 saturated carbocycles. The fraction of sp³-hybridized carbons (Fsp3) is 0.300. The lowest BCUT2D eigenvalue weighted by Crippen LogP contribution is -2.34. The minimum absolute atomic E-state index is 0.0955. The van der Waals surface area contributed by atoms with Gasteiger partial charge in [-0.1, -0.05) is 6.07 Å². The average Bonchev–Trinajstić information content (AvgIpc) is 3.03. The van der Waals surface area contributed by atoms with Gasteiger partial charge in [-0.15, -0.1) is 0 Å². The van der Waals surface area contributed by atoms with E-state index in [9.17, 15) is 28.0 Å². The molecule has 0 aliphatic heterocycles. The maximum absolute atomic E-state index is 13.3. The van der Waals surface area contributed by atoms with Gasteiger partial charge in [0.2, 0.25) is 17.2 Å². The van der Waals surface area contributed by atoms with E-state index in [0.29, 0.717) is 33.3 Å². The van der Waals surface area contributed by atoms with Crippen molar-refractivity contribution in [1.82, 2.24) is 9.78 Å². The summed E-state index contributed by atoms with van der Waals surface area (Å²) in [6.45, 7) is 6.89. The number of pyridine rings is 1. The monoisotopic (exact) mass is 421 g/mol. The maximum Gasteiger partial charge on any atom is 0.491 e. The third-order valence-electron chi connectivity index (χ3n) is 5.16. The third kappa shape index (κ3) is 3.27. The van der Waals surface area contributed by atoms with Crippen LogP contribution in [0.4, 0.5) is 13.2 Å². The van der Waals surface area contributed by atoms with Crippen LogP contribution in [0.3, 0.4) is 0 Å². The van der Waals surface area contributed by atoms with E-state index in [1.54, 1.807) is 33.8 Å². The number of fused-ring (bicyclic) bond motifs is 1. The van der Waals surface area contributed by atoms with Crippen molar-refractivity contribution >= 4 is 22.7 Å². The number of ether oxygens (including phenoxy) is 1. The molecule has 0 aliphatic carbocycles. The molecule has 0 spiro atoms. The van der Waals surface area contributed by atoms with Gasteiger partial charge < -0.3 is 9.94 Å². The SMILES string of the molecule is Cc1c(C)c2c(C(=O)c3cnn(C)c3OC(=O)C(F)(F)F)ccc(C)c2[n+]([O-])c1C. The number of alkyl halides is 3. The van der Waals surface area contributed by atoms with E-state index < -0.39 is 23.8 Å². The Morgan fingerprint density at radius 3 is 2.33 bits per heavy atom. The van der Waals surface area contributed by atoms with Gasteiger partial charge in [-0.2, -0.15) is 23.0 Å². The first-order valence-electron chi connectivity index (χ1n) is 8.84. The van der Waals surface area contributed by atoms with Gasteiger partial charge in [0.1, 0.15) is 5.56 Å². The minimum atomic E-state index is -5.24. The van der Waals surface area contributed by atoms with Gasteiger partial charge in [0, 0.05) is 30.7 Å². The maximum atomic E-state index is 13.3. The number of ketones is 1. The summed E-state index contributed by atoms with van der Waals surface area (Å²) >= 11 is 0. The fourth-order valence-corrected chi connectivity index (χ4v) is 3.30. The Balaban J connectivity index is 2.24. The Kier molecular flexibility index (Phi) is 5.05. The molecule has 0 saturated heterocycles. The van der Waals surface area contributed by atoms with Crippen LogP contribution in [-0.2, 0) is 11.8 Å². The Labute approximate surface area is 169 Å². The molecule has 0 bridgehead atoms. The largest absolute Gasteiger partial charge is 0.618 e. The quantitative estimate of drug-likeness (QED) is 0.281. The second-order valence-corrected chi connectivity index (χ2v) is 6.99. The molecule has 2 heterocycles. The van der Waals surface area contributed by atoms with Gasteiger partial charge in [0.25, 0.3) is 0 Å². The van der Waals surface area contributed by atoms with E-state index in [2.05, 4.69) is 9.84 Å². The summed E-state index contributed by atoms with van der Waals surface area (Å²) in [5.41, 5.74) is 2.56. The molecule has 0 N–H and O–H groups in total.